The van der Waals surface area contributed by atoms with Crippen LogP contribution in [0.15, 0.2) is 53.4 Å². The van der Waals surface area contributed by atoms with Gasteiger partial charge in [0.2, 0.25) is 5.91 Å². The first-order valence-electron chi connectivity index (χ1n) is 6.61. The normalized spacial score (nSPS) is 16.8. The maximum absolute atomic E-state index is 12.4. The third kappa shape index (κ3) is 2.57. The van der Waals surface area contributed by atoms with E-state index in [0.717, 1.165) is 17.7 Å². The average Bonchev–Trinajstić information content (AvgIpc) is 2.92. The van der Waals surface area contributed by atoms with Crippen LogP contribution in [0.1, 0.15) is 11.1 Å². The van der Waals surface area contributed by atoms with Crippen LogP contribution in [0, 0.1) is 0 Å². The Balaban J connectivity index is 1.72. The first-order valence-corrected chi connectivity index (χ1v) is 7.49. The zero-order valence-corrected chi connectivity index (χ0v) is 11.8. The predicted octanol–water partition coefficient (Wildman–Crippen LogP) is 2.80. The van der Waals surface area contributed by atoms with E-state index in [9.17, 15) is 4.79 Å². The highest BCUT2D eigenvalue weighted by Gasteiger charge is 2.28. The molecular formula is C16H16N2OS. The molecule has 0 radical (unpaired) electrons. The fraction of sp³-hybridized carbons (Fsp3) is 0.188. The second-order valence-electron chi connectivity index (χ2n) is 4.77. The number of fused-ring (bicyclic) bond motifs is 1. The molecule has 0 bridgehead atoms. The number of anilines is 1. The lowest BCUT2D eigenvalue weighted by Crippen LogP contribution is -2.25. The second kappa shape index (κ2) is 5.69. The minimum absolute atomic E-state index is 0.0482. The van der Waals surface area contributed by atoms with Crippen molar-refractivity contribution >= 4 is 23.4 Å². The third-order valence-corrected chi connectivity index (χ3v) is 4.75. The Morgan fingerprint density at radius 3 is 2.75 bits per heavy atom. The minimum Gasteiger partial charge on any atom is -0.326 e. The van der Waals surface area contributed by atoms with Gasteiger partial charge >= 0.3 is 0 Å². The minimum atomic E-state index is -0.0572. The van der Waals surface area contributed by atoms with Crippen molar-refractivity contribution in [2.45, 2.75) is 23.1 Å². The van der Waals surface area contributed by atoms with Crippen LogP contribution in [-0.2, 0) is 17.8 Å². The first kappa shape index (κ1) is 13.2. The molecule has 0 saturated carbocycles. The van der Waals surface area contributed by atoms with E-state index >= 15 is 0 Å². The van der Waals surface area contributed by atoms with E-state index in [4.69, 9.17) is 5.73 Å². The van der Waals surface area contributed by atoms with Crippen LogP contribution >= 0.6 is 11.8 Å². The zero-order chi connectivity index (χ0) is 13.9. The Morgan fingerprint density at radius 1 is 1.20 bits per heavy atom. The van der Waals surface area contributed by atoms with Gasteiger partial charge < -0.3 is 11.1 Å². The lowest BCUT2D eigenvalue weighted by molar-refractivity contribution is -0.115. The number of hydrogen-bond donors (Lipinski definition) is 2. The monoisotopic (exact) mass is 284 g/mol. The summed E-state index contributed by atoms with van der Waals surface area (Å²) in [5, 5.41) is 2.94. The summed E-state index contributed by atoms with van der Waals surface area (Å²) in [5.41, 5.74) is 8.72. The highest BCUT2D eigenvalue weighted by molar-refractivity contribution is 8.01. The summed E-state index contributed by atoms with van der Waals surface area (Å²) < 4.78 is 0. The maximum Gasteiger partial charge on any atom is 0.238 e. The summed E-state index contributed by atoms with van der Waals surface area (Å²) in [7, 11) is 0. The molecule has 20 heavy (non-hydrogen) atoms. The number of carbonyl (C=O) groups is 1. The molecule has 0 aromatic heterocycles. The summed E-state index contributed by atoms with van der Waals surface area (Å²) >= 11 is 1.63. The number of rotatable bonds is 3. The van der Waals surface area contributed by atoms with Crippen molar-refractivity contribution < 1.29 is 4.79 Å². The Labute approximate surface area is 122 Å². The van der Waals surface area contributed by atoms with E-state index in [1.807, 2.05) is 36.4 Å². The number of hydrogen-bond acceptors (Lipinski definition) is 3. The molecule has 1 unspecified atom stereocenters. The van der Waals surface area contributed by atoms with E-state index in [1.54, 1.807) is 11.8 Å². The van der Waals surface area contributed by atoms with Gasteiger partial charge in [0.05, 0.1) is 5.25 Å². The van der Waals surface area contributed by atoms with Crippen LogP contribution in [-0.4, -0.2) is 11.2 Å². The van der Waals surface area contributed by atoms with Gasteiger partial charge in [0.1, 0.15) is 0 Å². The van der Waals surface area contributed by atoms with Crippen molar-refractivity contribution in [2.24, 2.45) is 5.73 Å². The quantitative estimate of drug-likeness (QED) is 0.911. The Bertz CT molecular complexity index is 617. The molecular weight excluding hydrogens is 268 g/mol. The van der Waals surface area contributed by atoms with E-state index in [2.05, 4.69) is 17.4 Å². The van der Waals surface area contributed by atoms with Gasteiger partial charge in [-0.2, -0.15) is 0 Å². The van der Waals surface area contributed by atoms with Crippen molar-refractivity contribution in [3.8, 4) is 0 Å². The van der Waals surface area contributed by atoms with Gasteiger partial charge in [-0.1, -0.05) is 36.4 Å². The van der Waals surface area contributed by atoms with Gasteiger partial charge in [-0.25, -0.2) is 0 Å². The molecule has 0 fully saturated rings. The highest BCUT2D eigenvalue weighted by Crippen LogP contribution is 2.37. The summed E-state index contributed by atoms with van der Waals surface area (Å²) in [6.07, 6.45) is 0.789. The van der Waals surface area contributed by atoms with Gasteiger partial charge in [-0.3, -0.25) is 4.79 Å². The molecule has 0 spiro atoms. The molecule has 1 aliphatic rings. The van der Waals surface area contributed by atoms with E-state index in [1.165, 1.54) is 10.5 Å². The molecule has 3 rings (SSSR count). The molecule has 1 aliphatic heterocycles. The fourth-order valence-corrected chi connectivity index (χ4v) is 3.56. The third-order valence-electron chi connectivity index (χ3n) is 3.43. The average molecular weight is 284 g/mol. The number of benzene rings is 2. The van der Waals surface area contributed by atoms with Crippen LogP contribution in [0.4, 0.5) is 5.69 Å². The standard InChI is InChI=1S/C16H16N2OS/c17-10-12-6-1-3-7-13(12)18-16(19)15-9-11-5-2-4-8-14(11)20-15/h1-8,15H,9-10,17H2,(H,18,19). The number of para-hydroxylation sites is 1. The van der Waals surface area contributed by atoms with E-state index in [0.29, 0.717) is 6.54 Å². The number of carbonyl (C=O) groups excluding carboxylic acids is 1. The number of nitrogens with one attached hydrogen (secondary N) is 1. The Kier molecular flexibility index (Phi) is 3.76. The molecule has 3 N–H and O–H groups in total. The highest BCUT2D eigenvalue weighted by atomic mass is 32.2. The molecule has 4 heteroatoms. The first-order chi connectivity index (χ1) is 9.78. The summed E-state index contributed by atoms with van der Waals surface area (Å²) in [4.78, 5) is 13.6. The lowest BCUT2D eigenvalue weighted by Gasteiger charge is -2.12. The molecule has 1 heterocycles. The smallest absolute Gasteiger partial charge is 0.238 e. The van der Waals surface area contributed by atoms with Crippen LogP contribution in [0.5, 0.6) is 0 Å². The SMILES string of the molecule is NCc1ccccc1NC(=O)C1Cc2ccccc2S1. The maximum atomic E-state index is 12.4. The summed E-state index contributed by atoms with van der Waals surface area (Å²) in [6.45, 7) is 0.425. The molecule has 2 aromatic rings. The molecule has 1 amide bonds. The van der Waals surface area contributed by atoms with Gasteiger partial charge in [-0.05, 0) is 29.7 Å². The second-order valence-corrected chi connectivity index (χ2v) is 6.01. The van der Waals surface area contributed by atoms with Gasteiger partial charge in [0, 0.05) is 17.1 Å². The summed E-state index contributed by atoms with van der Waals surface area (Å²) in [6, 6.07) is 15.9. The molecule has 102 valence electrons. The summed E-state index contributed by atoms with van der Waals surface area (Å²) in [5.74, 6) is 0.0482. The number of thioether (sulfide) groups is 1. The molecule has 1 atom stereocenters. The zero-order valence-electron chi connectivity index (χ0n) is 11.0. The van der Waals surface area contributed by atoms with Gasteiger partial charge in [0.25, 0.3) is 0 Å². The Morgan fingerprint density at radius 2 is 1.95 bits per heavy atom. The molecule has 0 saturated heterocycles. The van der Waals surface area contributed by atoms with Crippen LogP contribution < -0.4 is 11.1 Å². The van der Waals surface area contributed by atoms with Crippen LogP contribution in [0.3, 0.4) is 0 Å². The van der Waals surface area contributed by atoms with Gasteiger partial charge in [-0.15, -0.1) is 11.8 Å². The Hall–Kier alpha value is -1.78. The topological polar surface area (TPSA) is 55.1 Å². The predicted molar refractivity (Wildman–Crippen MR) is 82.8 cm³/mol. The van der Waals surface area contributed by atoms with E-state index < -0.39 is 0 Å². The fourth-order valence-electron chi connectivity index (χ4n) is 2.36. The molecule has 2 aromatic carbocycles. The van der Waals surface area contributed by atoms with Crippen LogP contribution in [0.25, 0.3) is 0 Å². The van der Waals surface area contributed by atoms with Crippen molar-refractivity contribution in [2.75, 3.05) is 5.32 Å². The lowest BCUT2D eigenvalue weighted by atomic mass is 10.1. The molecule has 0 aliphatic carbocycles. The van der Waals surface area contributed by atoms with Gasteiger partial charge in [0.15, 0.2) is 0 Å². The number of amides is 1. The van der Waals surface area contributed by atoms with Crippen molar-refractivity contribution in [3.63, 3.8) is 0 Å². The van der Waals surface area contributed by atoms with Crippen molar-refractivity contribution in [1.82, 2.24) is 0 Å². The van der Waals surface area contributed by atoms with Crippen molar-refractivity contribution in [1.29, 1.82) is 0 Å². The largest absolute Gasteiger partial charge is 0.326 e. The molecule has 3 nitrogen and oxygen atoms in total. The number of nitrogens with two attached hydrogens (primary N) is 1. The van der Waals surface area contributed by atoms with E-state index in [-0.39, 0.29) is 11.2 Å². The van der Waals surface area contributed by atoms with Crippen LogP contribution in [0.2, 0.25) is 0 Å². The van der Waals surface area contributed by atoms with Crippen molar-refractivity contribution in [3.05, 3.63) is 59.7 Å².